The summed E-state index contributed by atoms with van der Waals surface area (Å²) in [6.45, 7) is 0. The summed E-state index contributed by atoms with van der Waals surface area (Å²) in [5, 5.41) is 13.9. The van der Waals surface area contributed by atoms with E-state index in [0.717, 1.165) is 0 Å². The van der Waals surface area contributed by atoms with Crippen LogP contribution in [0.3, 0.4) is 0 Å². The highest BCUT2D eigenvalue weighted by atomic mass is 19.1. The molecule has 0 fully saturated rings. The van der Waals surface area contributed by atoms with Crippen molar-refractivity contribution >= 4 is 27.9 Å². The van der Waals surface area contributed by atoms with Gasteiger partial charge in [-0.1, -0.05) is 12.1 Å². The first-order valence-corrected chi connectivity index (χ1v) is 4.96. The molecule has 2 N–H and O–H groups in total. The molecule has 1 aromatic carbocycles. The topological polar surface area (TPSA) is 70.9 Å². The SMILES string of the molecule is Cn1nc(C(=O)O)c2c3cccc(F)c3[nH]c21. The van der Waals surface area contributed by atoms with E-state index >= 15 is 0 Å². The van der Waals surface area contributed by atoms with Crippen LogP contribution < -0.4 is 0 Å². The second-order valence-electron chi connectivity index (χ2n) is 3.79. The summed E-state index contributed by atoms with van der Waals surface area (Å²) >= 11 is 0. The Bertz CT molecular complexity index is 757. The lowest BCUT2D eigenvalue weighted by Crippen LogP contribution is -2.00. The van der Waals surface area contributed by atoms with Crippen molar-refractivity contribution in [3.05, 3.63) is 29.7 Å². The third-order valence-corrected chi connectivity index (χ3v) is 2.78. The Morgan fingerprint density at radius 1 is 1.53 bits per heavy atom. The van der Waals surface area contributed by atoms with Crippen molar-refractivity contribution in [2.24, 2.45) is 7.05 Å². The summed E-state index contributed by atoms with van der Waals surface area (Å²) in [5.74, 6) is -1.53. The van der Waals surface area contributed by atoms with Gasteiger partial charge in [-0.2, -0.15) is 5.10 Å². The molecule has 0 spiro atoms. The first kappa shape index (κ1) is 9.83. The number of carbonyl (C=O) groups is 1. The first-order valence-electron chi connectivity index (χ1n) is 4.96. The van der Waals surface area contributed by atoms with Crippen LogP contribution in [0.15, 0.2) is 18.2 Å². The lowest BCUT2D eigenvalue weighted by atomic mass is 10.2. The number of benzene rings is 1. The van der Waals surface area contributed by atoms with Crippen molar-refractivity contribution in [3.8, 4) is 0 Å². The fourth-order valence-electron chi connectivity index (χ4n) is 2.05. The molecule has 0 bridgehead atoms. The standard InChI is InChI=1S/C11H8FN3O2/c1-15-10-7(9(14-15)11(16)17)5-3-2-4-6(12)8(5)13-10/h2-4,13H,1H3,(H,16,17). The molecule has 0 saturated carbocycles. The van der Waals surface area contributed by atoms with E-state index in [1.54, 1.807) is 19.2 Å². The summed E-state index contributed by atoms with van der Waals surface area (Å²) < 4.78 is 15.0. The number of carboxylic acids is 1. The number of H-pyrrole nitrogens is 1. The van der Waals surface area contributed by atoms with Crippen LogP contribution in [0.4, 0.5) is 4.39 Å². The summed E-state index contributed by atoms with van der Waals surface area (Å²) in [6, 6.07) is 4.54. The van der Waals surface area contributed by atoms with Gasteiger partial charge in [-0.25, -0.2) is 9.18 Å². The summed E-state index contributed by atoms with van der Waals surface area (Å²) in [6.07, 6.45) is 0. The summed E-state index contributed by atoms with van der Waals surface area (Å²) in [5.41, 5.74) is 0.736. The molecule has 0 atom stereocenters. The van der Waals surface area contributed by atoms with Crippen LogP contribution in [-0.2, 0) is 7.05 Å². The van der Waals surface area contributed by atoms with Crippen LogP contribution in [0.25, 0.3) is 21.9 Å². The van der Waals surface area contributed by atoms with Crippen LogP contribution in [0.2, 0.25) is 0 Å². The lowest BCUT2D eigenvalue weighted by Gasteiger charge is -1.93. The number of aromatic nitrogens is 3. The quantitative estimate of drug-likeness (QED) is 0.674. The second kappa shape index (κ2) is 3.07. The Kier molecular flexibility index (Phi) is 1.77. The maximum Gasteiger partial charge on any atom is 0.357 e. The molecule has 2 aromatic heterocycles. The minimum Gasteiger partial charge on any atom is -0.476 e. The van der Waals surface area contributed by atoms with Gasteiger partial charge >= 0.3 is 5.97 Å². The number of hydrogen-bond acceptors (Lipinski definition) is 2. The van der Waals surface area contributed by atoms with Crippen LogP contribution in [0.1, 0.15) is 10.5 Å². The molecule has 0 saturated heterocycles. The smallest absolute Gasteiger partial charge is 0.357 e. The Morgan fingerprint density at radius 3 is 3.00 bits per heavy atom. The lowest BCUT2D eigenvalue weighted by molar-refractivity contribution is 0.0691. The van der Waals surface area contributed by atoms with E-state index in [1.807, 2.05) is 0 Å². The maximum absolute atomic E-state index is 13.6. The molecule has 6 heteroatoms. The molecule has 0 amide bonds. The van der Waals surface area contributed by atoms with E-state index in [1.165, 1.54) is 10.7 Å². The van der Waals surface area contributed by atoms with Crippen molar-refractivity contribution in [2.45, 2.75) is 0 Å². The van der Waals surface area contributed by atoms with E-state index in [4.69, 9.17) is 5.11 Å². The van der Waals surface area contributed by atoms with E-state index in [9.17, 15) is 9.18 Å². The van der Waals surface area contributed by atoms with Gasteiger partial charge in [0, 0.05) is 12.4 Å². The minimum absolute atomic E-state index is 0.0700. The number of rotatable bonds is 1. The molecule has 86 valence electrons. The van der Waals surface area contributed by atoms with Gasteiger partial charge in [0.25, 0.3) is 0 Å². The number of halogens is 1. The zero-order valence-corrected chi connectivity index (χ0v) is 8.86. The third kappa shape index (κ3) is 1.17. The minimum atomic E-state index is -1.12. The van der Waals surface area contributed by atoms with Gasteiger partial charge in [0.05, 0.1) is 10.9 Å². The van der Waals surface area contributed by atoms with E-state index in [-0.39, 0.29) is 5.69 Å². The number of aromatic amines is 1. The van der Waals surface area contributed by atoms with Crippen molar-refractivity contribution in [1.29, 1.82) is 0 Å². The molecule has 5 nitrogen and oxygen atoms in total. The zero-order valence-electron chi connectivity index (χ0n) is 8.86. The first-order chi connectivity index (χ1) is 8.09. The van der Waals surface area contributed by atoms with Gasteiger partial charge in [-0.05, 0) is 6.07 Å². The predicted octanol–water partition coefficient (Wildman–Crippen LogP) is 1.89. The summed E-state index contributed by atoms with van der Waals surface area (Å²) in [4.78, 5) is 13.9. The number of aryl methyl sites for hydroxylation is 1. The highest BCUT2D eigenvalue weighted by Gasteiger charge is 2.20. The highest BCUT2D eigenvalue weighted by molar-refractivity contribution is 6.14. The number of carboxylic acid groups (broad SMARTS) is 1. The van der Waals surface area contributed by atoms with Gasteiger partial charge in [0.1, 0.15) is 11.5 Å². The molecule has 0 aliphatic heterocycles. The molecule has 3 rings (SSSR count). The third-order valence-electron chi connectivity index (χ3n) is 2.78. The molecule has 2 heterocycles. The average molecular weight is 233 g/mol. The fourth-order valence-corrected chi connectivity index (χ4v) is 2.05. The molecule has 3 aromatic rings. The number of aromatic carboxylic acids is 1. The molecule has 0 unspecified atom stereocenters. The molecule has 0 aliphatic rings. The number of nitrogens with one attached hydrogen (secondary N) is 1. The van der Waals surface area contributed by atoms with Gasteiger partial charge in [0.15, 0.2) is 5.69 Å². The van der Waals surface area contributed by atoms with Crippen molar-refractivity contribution in [3.63, 3.8) is 0 Å². The van der Waals surface area contributed by atoms with Crippen molar-refractivity contribution in [2.75, 3.05) is 0 Å². The Labute approximate surface area is 94.5 Å². The molecule has 0 radical (unpaired) electrons. The van der Waals surface area contributed by atoms with Crippen molar-refractivity contribution < 1.29 is 14.3 Å². The van der Waals surface area contributed by atoms with Gasteiger partial charge in [-0.3, -0.25) is 4.68 Å². The van der Waals surface area contributed by atoms with Gasteiger partial charge in [-0.15, -0.1) is 0 Å². The van der Waals surface area contributed by atoms with Gasteiger partial charge in [0.2, 0.25) is 0 Å². The Balaban J connectivity index is 2.59. The van der Waals surface area contributed by atoms with Crippen LogP contribution >= 0.6 is 0 Å². The maximum atomic E-state index is 13.6. The molecular formula is C11H8FN3O2. The number of para-hydroxylation sites is 1. The Morgan fingerprint density at radius 2 is 2.29 bits per heavy atom. The summed E-state index contributed by atoms with van der Waals surface area (Å²) in [7, 11) is 1.61. The number of fused-ring (bicyclic) bond motifs is 3. The largest absolute Gasteiger partial charge is 0.476 e. The highest BCUT2D eigenvalue weighted by Crippen LogP contribution is 2.29. The second-order valence-corrected chi connectivity index (χ2v) is 3.79. The number of nitrogens with zero attached hydrogens (tertiary/aromatic N) is 2. The molecular weight excluding hydrogens is 225 g/mol. The Hall–Kier alpha value is -2.37. The number of hydrogen-bond donors (Lipinski definition) is 2. The predicted molar refractivity (Wildman–Crippen MR) is 59.5 cm³/mol. The van der Waals surface area contributed by atoms with E-state index < -0.39 is 11.8 Å². The fraction of sp³-hybridized carbons (Fsp3) is 0.0909. The van der Waals surface area contributed by atoms with E-state index in [0.29, 0.717) is 21.9 Å². The normalized spacial score (nSPS) is 11.4. The van der Waals surface area contributed by atoms with Crippen LogP contribution in [0, 0.1) is 5.82 Å². The average Bonchev–Trinajstić information content (AvgIpc) is 2.79. The molecule has 0 aliphatic carbocycles. The molecule has 17 heavy (non-hydrogen) atoms. The van der Waals surface area contributed by atoms with Crippen LogP contribution in [-0.4, -0.2) is 25.8 Å². The monoisotopic (exact) mass is 233 g/mol. The van der Waals surface area contributed by atoms with E-state index in [2.05, 4.69) is 10.1 Å². The zero-order chi connectivity index (χ0) is 12.2. The van der Waals surface area contributed by atoms with Crippen molar-refractivity contribution in [1.82, 2.24) is 14.8 Å². The van der Waals surface area contributed by atoms with Gasteiger partial charge < -0.3 is 10.1 Å². The van der Waals surface area contributed by atoms with Crippen LogP contribution in [0.5, 0.6) is 0 Å².